The molecule has 10 heteroatoms. The lowest BCUT2D eigenvalue weighted by molar-refractivity contribution is -0.140. The lowest BCUT2D eigenvalue weighted by atomic mass is 10.0. The number of nitrogens with zero attached hydrogens (tertiary/aromatic N) is 2. The van der Waals surface area contributed by atoms with Gasteiger partial charge in [-0.25, -0.2) is 8.42 Å². The van der Waals surface area contributed by atoms with Crippen LogP contribution in [0.4, 0.5) is 5.69 Å². The third-order valence-electron chi connectivity index (χ3n) is 7.24. The van der Waals surface area contributed by atoms with Crippen LogP contribution in [-0.4, -0.2) is 50.9 Å². The number of hydrogen-bond donors (Lipinski definition) is 1. The maximum atomic E-state index is 14.6. The van der Waals surface area contributed by atoms with E-state index < -0.39 is 28.5 Å². The number of amides is 2. The minimum atomic E-state index is -4.22. The molecule has 0 aliphatic carbocycles. The van der Waals surface area contributed by atoms with E-state index in [-0.39, 0.29) is 35.5 Å². The number of ether oxygens (including phenoxy) is 1. The number of hydrogen-bond acceptors (Lipinski definition) is 5. The second-order valence-electron chi connectivity index (χ2n) is 11.0. The number of nitrogens with one attached hydrogen (secondary N) is 1. The van der Waals surface area contributed by atoms with Crippen molar-refractivity contribution in [3.8, 4) is 5.75 Å². The third kappa shape index (κ3) is 8.65. The van der Waals surface area contributed by atoms with E-state index in [0.29, 0.717) is 16.3 Å². The van der Waals surface area contributed by atoms with E-state index in [9.17, 15) is 18.0 Å². The van der Waals surface area contributed by atoms with Crippen molar-refractivity contribution in [3.63, 3.8) is 0 Å². The lowest BCUT2D eigenvalue weighted by Gasteiger charge is -2.34. The van der Waals surface area contributed by atoms with Crippen LogP contribution in [0.15, 0.2) is 108 Å². The van der Waals surface area contributed by atoms with Crippen molar-refractivity contribution < 1.29 is 22.7 Å². The van der Waals surface area contributed by atoms with Crippen molar-refractivity contribution in [2.75, 3.05) is 18.0 Å². The smallest absolute Gasteiger partial charge is 0.264 e. The van der Waals surface area contributed by atoms with Crippen LogP contribution in [0.5, 0.6) is 5.75 Å². The molecule has 4 rings (SSSR count). The third-order valence-corrected chi connectivity index (χ3v) is 9.25. The summed E-state index contributed by atoms with van der Waals surface area (Å²) in [6.07, 6.45) is 0.219. The summed E-state index contributed by atoms with van der Waals surface area (Å²) >= 11 is 6.34. The van der Waals surface area contributed by atoms with E-state index in [4.69, 9.17) is 16.3 Å². The fourth-order valence-corrected chi connectivity index (χ4v) is 6.64. The molecule has 0 fully saturated rings. The minimum Gasteiger partial charge on any atom is -0.497 e. The van der Waals surface area contributed by atoms with E-state index >= 15 is 0 Å². The molecule has 1 N–H and O–H groups in total. The number of methoxy groups -OCH3 is 1. The van der Waals surface area contributed by atoms with Crippen molar-refractivity contribution in [3.05, 3.63) is 125 Å². The molecular weight excluding hydrogens is 610 g/mol. The fraction of sp³-hybridized carbons (Fsp3) is 0.257. The monoisotopic (exact) mass is 647 g/mol. The Morgan fingerprint density at radius 2 is 1.51 bits per heavy atom. The fourth-order valence-electron chi connectivity index (χ4n) is 4.99. The second kappa shape index (κ2) is 15.1. The lowest BCUT2D eigenvalue weighted by Crippen LogP contribution is -2.54. The Morgan fingerprint density at radius 1 is 0.867 bits per heavy atom. The molecule has 0 unspecified atom stereocenters. The molecule has 0 saturated heterocycles. The predicted molar refractivity (Wildman–Crippen MR) is 178 cm³/mol. The molecule has 0 saturated carbocycles. The topological polar surface area (TPSA) is 96.0 Å². The molecule has 0 spiro atoms. The Hall–Kier alpha value is -4.34. The van der Waals surface area contributed by atoms with Gasteiger partial charge in [-0.1, -0.05) is 78.3 Å². The number of halogens is 1. The zero-order chi connectivity index (χ0) is 32.6. The SMILES string of the molecule is COc1cccc(CN(C(=O)CN(c2cc(Cl)ccc2C)S(=O)(=O)c2ccccc2)[C@H](Cc2ccccc2)C(=O)NC(C)C)c1. The molecule has 8 nitrogen and oxygen atoms in total. The number of carbonyl (C=O) groups excluding carboxylic acids is 2. The summed E-state index contributed by atoms with van der Waals surface area (Å²) < 4.78 is 34.8. The van der Waals surface area contributed by atoms with Crippen LogP contribution in [0.25, 0.3) is 0 Å². The normalized spacial score (nSPS) is 12.0. The average Bonchev–Trinajstić information content (AvgIpc) is 3.03. The van der Waals surface area contributed by atoms with Crippen molar-refractivity contribution in [2.45, 2.75) is 50.7 Å². The van der Waals surface area contributed by atoms with Crippen LogP contribution in [0.3, 0.4) is 0 Å². The van der Waals surface area contributed by atoms with Crippen LogP contribution >= 0.6 is 11.6 Å². The molecule has 0 aliphatic heterocycles. The van der Waals surface area contributed by atoms with E-state index in [2.05, 4.69) is 5.32 Å². The van der Waals surface area contributed by atoms with E-state index in [1.165, 1.54) is 23.1 Å². The summed E-state index contributed by atoms with van der Waals surface area (Å²) in [7, 11) is -2.67. The Bertz CT molecular complexity index is 1720. The minimum absolute atomic E-state index is 0.0231. The zero-order valence-corrected chi connectivity index (χ0v) is 27.4. The van der Waals surface area contributed by atoms with Gasteiger partial charge in [0.2, 0.25) is 11.8 Å². The molecule has 45 heavy (non-hydrogen) atoms. The van der Waals surface area contributed by atoms with Crippen LogP contribution in [-0.2, 0) is 32.6 Å². The van der Waals surface area contributed by atoms with Crippen molar-refractivity contribution >= 4 is 39.1 Å². The van der Waals surface area contributed by atoms with Gasteiger partial charge in [0.25, 0.3) is 10.0 Å². The number of rotatable bonds is 13. The molecule has 0 aliphatic rings. The maximum Gasteiger partial charge on any atom is 0.264 e. The van der Waals surface area contributed by atoms with Crippen LogP contribution in [0, 0.1) is 6.92 Å². The average molecular weight is 648 g/mol. The second-order valence-corrected chi connectivity index (χ2v) is 13.3. The zero-order valence-electron chi connectivity index (χ0n) is 25.8. The first-order valence-corrected chi connectivity index (χ1v) is 16.4. The van der Waals surface area contributed by atoms with Crippen molar-refractivity contribution in [1.29, 1.82) is 0 Å². The summed E-state index contributed by atoms with van der Waals surface area (Å²) in [6.45, 7) is 4.92. The van der Waals surface area contributed by atoms with Gasteiger partial charge in [0.15, 0.2) is 0 Å². The summed E-state index contributed by atoms with van der Waals surface area (Å²) in [4.78, 5) is 29.8. The molecule has 4 aromatic rings. The molecule has 0 radical (unpaired) electrons. The number of benzene rings is 4. The van der Waals surface area contributed by atoms with Crippen LogP contribution < -0.4 is 14.4 Å². The van der Waals surface area contributed by atoms with Gasteiger partial charge in [0, 0.05) is 24.0 Å². The van der Waals surface area contributed by atoms with Crippen LogP contribution in [0.1, 0.15) is 30.5 Å². The molecule has 2 amide bonds. The van der Waals surface area contributed by atoms with Gasteiger partial charge in [-0.05, 0) is 73.9 Å². The first-order valence-electron chi connectivity index (χ1n) is 14.6. The van der Waals surface area contributed by atoms with Crippen molar-refractivity contribution in [1.82, 2.24) is 10.2 Å². The van der Waals surface area contributed by atoms with Gasteiger partial charge < -0.3 is 15.0 Å². The van der Waals surface area contributed by atoms with Gasteiger partial charge in [0.1, 0.15) is 18.3 Å². The van der Waals surface area contributed by atoms with Gasteiger partial charge in [-0.3, -0.25) is 13.9 Å². The number of carbonyl (C=O) groups is 2. The molecule has 0 aromatic heterocycles. The highest BCUT2D eigenvalue weighted by Crippen LogP contribution is 2.30. The Morgan fingerprint density at radius 3 is 2.16 bits per heavy atom. The molecule has 4 aromatic carbocycles. The van der Waals surface area contributed by atoms with Gasteiger partial charge in [-0.2, -0.15) is 0 Å². The molecular formula is C35H38ClN3O5S. The number of sulfonamides is 1. The number of anilines is 1. The maximum absolute atomic E-state index is 14.6. The van der Waals surface area contributed by atoms with Crippen LogP contribution in [0.2, 0.25) is 5.02 Å². The first-order chi connectivity index (χ1) is 21.5. The summed E-state index contributed by atoms with van der Waals surface area (Å²) in [5.41, 5.74) is 2.45. The Balaban J connectivity index is 1.84. The van der Waals surface area contributed by atoms with Gasteiger partial charge in [-0.15, -0.1) is 0 Å². The van der Waals surface area contributed by atoms with E-state index in [1.54, 1.807) is 62.6 Å². The molecule has 236 valence electrons. The van der Waals surface area contributed by atoms with Crippen molar-refractivity contribution in [2.24, 2.45) is 0 Å². The highest BCUT2D eigenvalue weighted by molar-refractivity contribution is 7.92. The Labute approximate surface area is 270 Å². The van der Waals surface area contributed by atoms with E-state index in [0.717, 1.165) is 15.4 Å². The molecule has 0 heterocycles. The highest BCUT2D eigenvalue weighted by Gasteiger charge is 2.35. The van der Waals surface area contributed by atoms with Gasteiger partial charge >= 0.3 is 0 Å². The summed E-state index contributed by atoms with van der Waals surface area (Å²) in [5.74, 6) is -0.313. The first kappa shape index (κ1) is 33.6. The highest BCUT2D eigenvalue weighted by atomic mass is 35.5. The Kier molecular flexibility index (Phi) is 11.3. The summed E-state index contributed by atoms with van der Waals surface area (Å²) in [6, 6.07) is 28.3. The number of aryl methyl sites for hydroxylation is 1. The van der Waals surface area contributed by atoms with Gasteiger partial charge in [0.05, 0.1) is 17.7 Å². The quantitative estimate of drug-likeness (QED) is 0.192. The molecule has 1 atom stereocenters. The summed E-state index contributed by atoms with van der Waals surface area (Å²) in [5, 5.41) is 3.28. The molecule has 0 bridgehead atoms. The standard InChI is InChI=1S/C35H38ClN3O5S/c1-25(2)37-35(41)33(21-27-12-7-5-8-13-27)38(23-28-14-11-15-30(20-28)44-4)34(40)24-39(32-22-29(36)19-18-26(32)3)45(42,43)31-16-9-6-10-17-31/h5-20,22,25,33H,21,23-24H2,1-4H3,(H,37,41)/t33-/m1/s1. The largest absolute Gasteiger partial charge is 0.497 e. The predicted octanol–water partition coefficient (Wildman–Crippen LogP) is 6.02. The van der Waals surface area contributed by atoms with E-state index in [1.807, 2.05) is 50.2 Å².